The van der Waals surface area contributed by atoms with Crippen molar-refractivity contribution in [2.75, 3.05) is 25.6 Å². The molecule has 1 fully saturated rings. The van der Waals surface area contributed by atoms with Gasteiger partial charge in [-0.2, -0.15) is 10.2 Å². The Balaban J connectivity index is 1.89. The molecule has 1 aliphatic heterocycles. The third-order valence-corrected chi connectivity index (χ3v) is 4.44. The van der Waals surface area contributed by atoms with Crippen molar-refractivity contribution >= 4 is 11.7 Å². The van der Waals surface area contributed by atoms with Crippen LogP contribution in [0.2, 0.25) is 0 Å². The molecule has 1 aliphatic rings. The number of benzene rings is 1. The molecule has 1 atom stereocenters. The van der Waals surface area contributed by atoms with Gasteiger partial charge in [-0.25, -0.2) is 10.5 Å². The molecule has 0 saturated carbocycles. The number of nitrogens with two attached hydrogens (primary N) is 1. The highest BCUT2D eigenvalue weighted by molar-refractivity contribution is 6.00. The Morgan fingerprint density at radius 1 is 1.42 bits per heavy atom. The fourth-order valence-corrected chi connectivity index (χ4v) is 2.98. The maximum absolute atomic E-state index is 12.8. The summed E-state index contributed by atoms with van der Waals surface area (Å²) < 4.78 is 17.1. The minimum absolute atomic E-state index is 0.0440. The number of nitrogen functional groups attached to an aromatic ring is 1. The Labute approximate surface area is 191 Å². The van der Waals surface area contributed by atoms with Crippen molar-refractivity contribution in [2.45, 2.75) is 45.2 Å². The van der Waals surface area contributed by atoms with Crippen LogP contribution in [0.1, 0.15) is 43.6 Å². The predicted molar refractivity (Wildman–Crippen MR) is 117 cm³/mol. The summed E-state index contributed by atoms with van der Waals surface area (Å²) >= 11 is 0. The molecular formula is C22H27N5O6. The lowest BCUT2D eigenvalue weighted by Crippen LogP contribution is -2.34. The highest BCUT2D eigenvalue weighted by Gasteiger charge is 2.33. The van der Waals surface area contributed by atoms with Gasteiger partial charge in [0.15, 0.2) is 11.6 Å². The quantitative estimate of drug-likeness (QED) is 0.496. The Bertz CT molecular complexity index is 1060. The van der Waals surface area contributed by atoms with Gasteiger partial charge in [0.2, 0.25) is 5.88 Å². The predicted octanol–water partition coefficient (Wildman–Crippen LogP) is 1.56. The van der Waals surface area contributed by atoms with Gasteiger partial charge in [0.25, 0.3) is 5.91 Å². The van der Waals surface area contributed by atoms with Gasteiger partial charge in [0.1, 0.15) is 30.7 Å². The molecule has 11 heteroatoms. The smallest absolute Gasteiger partial charge is 0.284 e. The summed E-state index contributed by atoms with van der Waals surface area (Å²) in [6.07, 6.45) is -0.385. The standard InChI is InChI=1S/C22H27N5O6/c1-21(2,29)12-32-27-19(28)16-17(24)25-18(14-7-5-6-13(8-14)9-23)26-20(16)30-10-15-11-31-22(3,4)33-15/h5-8,15,29H,10-12H2,1-4H3,(H,27,28)(H2,24,25,26)/t15-/m1/s1. The van der Waals surface area contributed by atoms with Gasteiger partial charge in [-0.3, -0.25) is 9.63 Å². The van der Waals surface area contributed by atoms with Crippen LogP contribution in [0.4, 0.5) is 5.82 Å². The van der Waals surface area contributed by atoms with Crippen LogP contribution in [-0.4, -0.2) is 58.3 Å². The van der Waals surface area contributed by atoms with E-state index in [1.165, 1.54) is 13.8 Å². The average Bonchev–Trinajstić information content (AvgIpc) is 3.09. The number of anilines is 1. The zero-order valence-electron chi connectivity index (χ0n) is 18.9. The monoisotopic (exact) mass is 457 g/mol. The van der Waals surface area contributed by atoms with Crippen LogP contribution in [0.25, 0.3) is 11.4 Å². The molecule has 176 valence electrons. The molecule has 3 rings (SSSR count). The fraction of sp³-hybridized carbons (Fsp3) is 0.455. The molecule has 33 heavy (non-hydrogen) atoms. The molecular weight excluding hydrogens is 430 g/mol. The lowest BCUT2D eigenvalue weighted by Gasteiger charge is -2.19. The van der Waals surface area contributed by atoms with E-state index >= 15 is 0 Å². The zero-order valence-corrected chi connectivity index (χ0v) is 18.9. The molecule has 1 aromatic carbocycles. The van der Waals surface area contributed by atoms with E-state index in [2.05, 4.69) is 21.5 Å². The molecule has 2 aromatic rings. The number of nitriles is 1. The number of nitrogens with zero attached hydrogens (tertiary/aromatic N) is 3. The van der Waals surface area contributed by atoms with Gasteiger partial charge in [-0.05, 0) is 39.8 Å². The summed E-state index contributed by atoms with van der Waals surface area (Å²) in [4.78, 5) is 26.4. The highest BCUT2D eigenvalue weighted by atomic mass is 16.7. The maximum Gasteiger partial charge on any atom is 0.284 e. The van der Waals surface area contributed by atoms with Crippen molar-refractivity contribution in [1.82, 2.24) is 15.4 Å². The van der Waals surface area contributed by atoms with Crippen LogP contribution < -0.4 is 16.0 Å². The van der Waals surface area contributed by atoms with Gasteiger partial charge in [0, 0.05) is 5.56 Å². The van der Waals surface area contributed by atoms with Crippen LogP contribution >= 0.6 is 0 Å². The number of nitrogens with one attached hydrogen (secondary N) is 1. The van der Waals surface area contributed by atoms with E-state index in [4.69, 9.17) is 24.8 Å². The molecule has 2 heterocycles. The number of rotatable bonds is 8. The van der Waals surface area contributed by atoms with Crippen molar-refractivity contribution in [3.8, 4) is 23.3 Å². The van der Waals surface area contributed by atoms with Crippen molar-refractivity contribution in [3.05, 3.63) is 35.4 Å². The third kappa shape index (κ3) is 6.59. The van der Waals surface area contributed by atoms with Crippen LogP contribution in [0, 0.1) is 11.3 Å². The van der Waals surface area contributed by atoms with Crippen LogP contribution in [0.5, 0.6) is 5.88 Å². The Morgan fingerprint density at radius 2 is 2.18 bits per heavy atom. The van der Waals surface area contributed by atoms with E-state index in [-0.39, 0.29) is 42.4 Å². The molecule has 1 aromatic heterocycles. The van der Waals surface area contributed by atoms with E-state index in [0.29, 0.717) is 17.7 Å². The number of aliphatic hydroxyl groups is 1. The van der Waals surface area contributed by atoms with E-state index in [9.17, 15) is 15.2 Å². The van der Waals surface area contributed by atoms with E-state index in [1.807, 2.05) is 0 Å². The highest BCUT2D eigenvalue weighted by Crippen LogP contribution is 2.28. The minimum Gasteiger partial charge on any atom is -0.474 e. The first-order valence-electron chi connectivity index (χ1n) is 10.2. The Kier molecular flexibility index (Phi) is 7.14. The van der Waals surface area contributed by atoms with E-state index in [0.717, 1.165) is 0 Å². The second kappa shape index (κ2) is 9.68. The Hall–Kier alpha value is -3.30. The summed E-state index contributed by atoms with van der Waals surface area (Å²) in [6.45, 7) is 6.82. The summed E-state index contributed by atoms with van der Waals surface area (Å²) in [7, 11) is 0. The van der Waals surface area contributed by atoms with Gasteiger partial charge >= 0.3 is 0 Å². The van der Waals surface area contributed by atoms with Crippen molar-refractivity contribution < 1.29 is 28.9 Å². The number of carbonyl (C=O) groups excluding carboxylic acids is 1. The molecule has 0 radical (unpaired) electrons. The van der Waals surface area contributed by atoms with Crippen molar-refractivity contribution in [2.24, 2.45) is 0 Å². The lowest BCUT2D eigenvalue weighted by atomic mass is 10.1. The second-order valence-corrected chi connectivity index (χ2v) is 8.60. The SMILES string of the molecule is CC(C)(O)CONC(=O)c1c(N)nc(-c2cccc(C#N)c2)nc1OC[C@@H]1COC(C)(C)O1. The number of carbonyl (C=O) groups is 1. The van der Waals surface area contributed by atoms with Crippen LogP contribution in [0.3, 0.4) is 0 Å². The number of hydrogen-bond acceptors (Lipinski definition) is 10. The average molecular weight is 457 g/mol. The van der Waals surface area contributed by atoms with Gasteiger partial charge in [-0.1, -0.05) is 12.1 Å². The minimum atomic E-state index is -1.16. The first-order chi connectivity index (χ1) is 15.5. The molecule has 1 saturated heterocycles. The molecule has 0 spiro atoms. The van der Waals surface area contributed by atoms with Crippen LogP contribution in [-0.2, 0) is 14.3 Å². The maximum atomic E-state index is 12.8. The van der Waals surface area contributed by atoms with Gasteiger partial charge in [0.05, 0.1) is 23.8 Å². The van der Waals surface area contributed by atoms with E-state index < -0.39 is 17.3 Å². The number of hydrogen-bond donors (Lipinski definition) is 3. The zero-order chi connectivity index (χ0) is 24.2. The molecule has 1 amide bonds. The number of ether oxygens (including phenoxy) is 3. The van der Waals surface area contributed by atoms with Gasteiger partial charge in [-0.15, -0.1) is 0 Å². The summed E-state index contributed by atoms with van der Waals surface area (Å²) in [6, 6.07) is 8.69. The topological polar surface area (TPSA) is 162 Å². The molecule has 0 aliphatic carbocycles. The molecule has 4 N–H and O–H groups in total. The summed E-state index contributed by atoms with van der Waals surface area (Å²) in [5.74, 6) is -1.54. The first kappa shape index (κ1) is 24.3. The second-order valence-electron chi connectivity index (χ2n) is 8.60. The summed E-state index contributed by atoms with van der Waals surface area (Å²) in [5.41, 5.74) is 7.96. The Morgan fingerprint density at radius 3 is 2.82 bits per heavy atom. The van der Waals surface area contributed by atoms with Crippen molar-refractivity contribution in [3.63, 3.8) is 0 Å². The largest absolute Gasteiger partial charge is 0.474 e. The number of hydroxylamine groups is 1. The number of amides is 1. The third-order valence-electron chi connectivity index (χ3n) is 4.44. The van der Waals surface area contributed by atoms with Gasteiger partial charge < -0.3 is 25.1 Å². The molecule has 0 unspecified atom stereocenters. The summed E-state index contributed by atoms with van der Waals surface area (Å²) in [5, 5.41) is 18.9. The van der Waals surface area contributed by atoms with Crippen molar-refractivity contribution in [1.29, 1.82) is 5.26 Å². The normalized spacial score (nSPS) is 17.4. The van der Waals surface area contributed by atoms with E-state index in [1.54, 1.807) is 38.1 Å². The molecule has 0 bridgehead atoms. The first-order valence-corrected chi connectivity index (χ1v) is 10.2. The van der Waals surface area contributed by atoms with Crippen LogP contribution in [0.15, 0.2) is 24.3 Å². The number of aromatic nitrogens is 2. The molecule has 11 nitrogen and oxygen atoms in total. The fourth-order valence-electron chi connectivity index (χ4n) is 2.98. The lowest BCUT2D eigenvalue weighted by molar-refractivity contribution is -0.141.